The second-order valence-corrected chi connectivity index (χ2v) is 7.88. The molecule has 2 aliphatic rings. The zero-order valence-corrected chi connectivity index (χ0v) is 16.6. The van der Waals surface area contributed by atoms with Crippen molar-refractivity contribution in [1.29, 1.82) is 0 Å². The fourth-order valence-electron chi connectivity index (χ4n) is 3.56. The number of carbonyl (C=O) groups excluding carboxylic acids is 3. The van der Waals surface area contributed by atoms with E-state index < -0.39 is 5.97 Å². The highest BCUT2D eigenvalue weighted by molar-refractivity contribution is 9.10. The third kappa shape index (κ3) is 3.29. The molecule has 1 aliphatic heterocycles. The Hall–Kier alpha value is -2.73. The predicted octanol–water partition coefficient (Wildman–Crippen LogP) is 4.05. The Morgan fingerprint density at radius 2 is 2.00 bits per heavy atom. The molecule has 0 saturated heterocycles. The van der Waals surface area contributed by atoms with Gasteiger partial charge in [0, 0.05) is 22.8 Å². The van der Waals surface area contributed by atoms with Gasteiger partial charge in [0.15, 0.2) is 18.2 Å². The molecular formula is C22H17BrO5. The first-order valence-corrected chi connectivity index (χ1v) is 9.83. The van der Waals surface area contributed by atoms with Gasteiger partial charge in [-0.05, 0) is 47.7 Å². The number of hydrogen-bond acceptors (Lipinski definition) is 5. The molecule has 2 aromatic rings. The lowest BCUT2D eigenvalue weighted by Gasteiger charge is -2.26. The molecule has 142 valence electrons. The SMILES string of the molecule is C=CC(=O)OCC(=O)c1ccc2c(c1)COc1cc3c(cc1-2)CCC(Br)C3=O. The van der Waals surface area contributed by atoms with Gasteiger partial charge in [0.25, 0.3) is 0 Å². The molecular weight excluding hydrogens is 424 g/mol. The largest absolute Gasteiger partial charge is 0.488 e. The van der Waals surface area contributed by atoms with Crippen LogP contribution < -0.4 is 4.74 Å². The lowest BCUT2D eigenvalue weighted by molar-refractivity contribution is -0.136. The van der Waals surface area contributed by atoms with Gasteiger partial charge in [0.05, 0.1) is 4.83 Å². The van der Waals surface area contributed by atoms with Crippen LogP contribution in [0.4, 0.5) is 0 Å². The molecule has 0 bridgehead atoms. The topological polar surface area (TPSA) is 69.7 Å². The number of ether oxygens (including phenoxy) is 2. The van der Waals surface area contributed by atoms with Crippen molar-refractivity contribution in [3.63, 3.8) is 0 Å². The molecule has 0 fully saturated rings. The Morgan fingerprint density at radius 3 is 2.79 bits per heavy atom. The van der Waals surface area contributed by atoms with E-state index in [-0.39, 0.29) is 23.0 Å². The van der Waals surface area contributed by atoms with Crippen LogP contribution in [-0.4, -0.2) is 29.0 Å². The summed E-state index contributed by atoms with van der Waals surface area (Å²) in [7, 11) is 0. The quantitative estimate of drug-likeness (QED) is 0.310. The molecule has 0 spiro atoms. The Bertz CT molecular complexity index is 1020. The Balaban J connectivity index is 1.65. The van der Waals surface area contributed by atoms with E-state index in [4.69, 9.17) is 9.47 Å². The summed E-state index contributed by atoms with van der Waals surface area (Å²) in [6.45, 7) is 3.28. The minimum absolute atomic E-state index is 0.0912. The number of Topliss-reactive ketones (excluding diaryl/α,β-unsaturated/α-hetero) is 2. The van der Waals surface area contributed by atoms with E-state index in [2.05, 4.69) is 22.5 Å². The van der Waals surface area contributed by atoms with E-state index >= 15 is 0 Å². The average Bonchev–Trinajstić information content (AvgIpc) is 2.72. The van der Waals surface area contributed by atoms with Crippen LogP contribution in [0.15, 0.2) is 43.0 Å². The molecule has 0 radical (unpaired) electrons. The Morgan fingerprint density at radius 1 is 1.18 bits per heavy atom. The van der Waals surface area contributed by atoms with Gasteiger partial charge in [-0.15, -0.1) is 0 Å². The number of rotatable bonds is 4. The van der Waals surface area contributed by atoms with Gasteiger partial charge in [-0.3, -0.25) is 9.59 Å². The number of hydrogen-bond donors (Lipinski definition) is 0. The normalized spacial score (nSPS) is 16.9. The third-order valence-corrected chi connectivity index (χ3v) is 5.91. The second kappa shape index (κ2) is 7.36. The summed E-state index contributed by atoms with van der Waals surface area (Å²) in [6.07, 6.45) is 2.62. The summed E-state index contributed by atoms with van der Waals surface area (Å²) < 4.78 is 10.7. The summed E-state index contributed by atoms with van der Waals surface area (Å²) in [5.41, 5.74) is 4.99. The van der Waals surface area contributed by atoms with E-state index in [1.165, 1.54) is 0 Å². The van der Waals surface area contributed by atoms with E-state index in [1.54, 1.807) is 12.1 Å². The first kappa shape index (κ1) is 18.6. The number of fused-ring (bicyclic) bond motifs is 4. The van der Waals surface area contributed by atoms with Crippen molar-refractivity contribution < 1.29 is 23.9 Å². The van der Waals surface area contributed by atoms with E-state index in [1.807, 2.05) is 18.2 Å². The van der Waals surface area contributed by atoms with Crippen molar-refractivity contribution in [1.82, 2.24) is 0 Å². The third-order valence-electron chi connectivity index (χ3n) is 5.04. The van der Waals surface area contributed by atoms with Crippen molar-refractivity contribution >= 4 is 33.5 Å². The van der Waals surface area contributed by atoms with Crippen LogP contribution in [0.5, 0.6) is 5.75 Å². The fourth-order valence-corrected chi connectivity index (χ4v) is 4.03. The van der Waals surface area contributed by atoms with E-state index in [0.29, 0.717) is 23.5 Å². The molecule has 1 atom stereocenters. The first-order chi connectivity index (χ1) is 13.5. The zero-order valence-electron chi connectivity index (χ0n) is 15.0. The maximum atomic E-state index is 12.4. The molecule has 2 aromatic carbocycles. The highest BCUT2D eigenvalue weighted by Gasteiger charge is 2.29. The summed E-state index contributed by atoms with van der Waals surface area (Å²) in [5.74, 6) is -0.148. The van der Waals surface area contributed by atoms with Crippen LogP contribution in [0.2, 0.25) is 0 Å². The van der Waals surface area contributed by atoms with E-state index in [0.717, 1.165) is 41.2 Å². The van der Waals surface area contributed by atoms with Crippen molar-refractivity contribution in [2.45, 2.75) is 24.3 Å². The second-order valence-electron chi connectivity index (χ2n) is 6.77. The summed E-state index contributed by atoms with van der Waals surface area (Å²) in [6, 6.07) is 9.21. The Labute approximate surface area is 170 Å². The van der Waals surface area contributed by atoms with Crippen molar-refractivity contribution in [3.8, 4) is 16.9 Å². The maximum absolute atomic E-state index is 12.4. The van der Waals surface area contributed by atoms with Gasteiger partial charge in [0.2, 0.25) is 0 Å². The van der Waals surface area contributed by atoms with Crippen LogP contribution in [-0.2, 0) is 22.6 Å². The minimum atomic E-state index is -0.631. The van der Waals surface area contributed by atoms with Gasteiger partial charge in [-0.25, -0.2) is 4.79 Å². The number of halogens is 1. The number of esters is 1. The standard InChI is InChI=1S/C22H17BrO5/c1-2-21(25)28-11-19(24)13-3-5-15-14(7-13)10-27-20-9-16-12(8-17(15)20)4-6-18(23)22(16)26/h2-3,5,7-9,18H,1,4,6,10-11H2. The minimum Gasteiger partial charge on any atom is -0.488 e. The molecule has 5 nitrogen and oxygen atoms in total. The molecule has 0 aromatic heterocycles. The average molecular weight is 441 g/mol. The van der Waals surface area contributed by atoms with Crippen molar-refractivity contribution in [2.75, 3.05) is 6.61 Å². The lowest BCUT2D eigenvalue weighted by Crippen LogP contribution is -2.23. The van der Waals surface area contributed by atoms with Crippen molar-refractivity contribution in [2.24, 2.45) is 0 Å². The number of carbonyl (C=O) groups is 3. The monoisotopic (exact) mass is 440 g/mol. The van der Waals surface area contributed by atoms with Crippen LogP contribution in [0, 0.1) is 0 Å². The smallest absolute Gasteiger partial charge is 0.330 e. The molecule has 4 rings (SSSR count). The number of ketones is 2. The molecule has 1 heterocycles. The lowest BCUT2D eigenvalue weighted by atomic mass is 9.85. The fraction of sp³-hybridized carbons (Fsp3) is 0.227. The van der Waals surface area contributed by atoms with Gasteiger partial charge >= 0.3 is 5.97 Å². The van der Waals surface area contributed by atoms with E-state index in [9.17, 15) is 14.4 Å². The van der Waals surface area contributed by atoms with Gasteiger partial charge in [0.1, 0.15) is 12.4 Å². The number of alkyl halides is 1. The number of aryl methyl sites for hydroxylation is 1. The molecule has 0 N–H and O–H groups in total. The zero-order chi connectivity index (χ0) is 19.8. The maximum Gasteiger partial charge on any atom is 0.330 e. The summed E-state index contributed by atoms with van der Waals surface area (Å²) in [4.78, 5) is 35.7. The molecule has 6 heteroatoms. The summed E-state index contributed by atoms with van der Waals surface area (Å²) in [5, 5.41) is 0. The molecule has 1 aliphatic carbocycles. The Kier molecular flexibility index (Phi) is 4.89. The van der Waals surface area contributed by atoms with Crippen molar-refractivity contribution in [3.05, 3.63) is 65.2 Å². The van der Waals surface area contributed by atoms with Crippen LogP contribution >= 0.6 is 15.9 Å². The molecule has 1 unspecified atom stereocenters. The van der Waals surface area contributed by atoms with Crippen LogP contribution in [0.1, 0.15) is 38.3 Å². The van der Waals surface area contributed by atoms with Crippen LogP contribution in [0.25, 0.3) is 11.1 Å². The molecule has 0 saturated carbocycles. The van der Waals surface area contributed by atoms with Crippen LogP contribution in [0.3, 0.4) is 0 Å². The number of benzene rings is 2. The molecule has 28 heavy (non-hydrogen) atoms. The summed E-state index contributed by atoms with van der Waals surface area (Å²) >= 11 is 3.43. The van der Waals surface area contributed by atoms with Gasteiger partial charge in [-0.2, -0.15) is 0 Å². The first-order valence-electron chi connectivity index (χ1n) is 8.91. The molecule has 0 amide bonds. The van der Waals surface area contributed by atoms with Gasteiger partial charge < -0.3 is 9.47 Å². The highest BCUT2D eigenvalue weighted by Crippen LogP contribution is 2.41. The van der Waals surface area contributed by atoms with Gasteiger partial charge in [-0.1, -0.05) is 34.6 Å². The predicted molar refractivity (Wildman–Crippen MR) is 107 cm³/mol. The highest BCUT2D eigenvalue weighted by atomic mass is 79.9.